The zero-order valence-electron chi connectivity index (χ0n) is 13.3. The molecule has 0 saturated carbocycles. The molecule has 6 heteroatoms. The third kappa shape index (κ3) is 2.02. The molecule has 128 valence electrons. The van der Waals surface area contributed by atoms with Crippen LogP contribution in [0.1, 0.15) is 41.4 Å². The number of Topliss-reactive ketones (excluding diaryl/α,β-unsaturated/α-hetero) is 4. The van der Waals surface area contributed by atoms with E-state index in [1.807, 2.05) is 0 Å². The highest BCUT2D eigenvalue weighted by Crippen LogP contribution is 2.40. The van der Waals surface area contributed by atoms with E-state index >= 15 is 0 Å². The fourth-order valence-electron chi connectivity index (χ4n) is 3.86. The summed E-state index contributed by atoms with van der Waals surface area (Å²) in [6.07, 6.45) is 0. The second-order valence-corrected chi connectivity index (χ2v) is 6.37. The molecule has 0 aromatic heterocycles. The van der Waals surface area contributed by atoms with Gasteiger partial charge in [0.1, 0.15) is 11.8 Å². The Balaban J connectivity index is 1.81. The van der Waals surface area contributed by atoms with Crippen LogP contribution >= 0.6 is 0 Å². The first kappa shape index (κ1) is 16.1. The molecule has 2 aromatic carbocycles. The third-order valence-electron chi connectivity index (χ3n) is 5.05. The predicted molar refractivity (Wildman–Crippen MR) is 88.3 cm³/mol. The van der Waals surface area contributed by atoms with Gasteiger partial charge in [0, 0.05) is 22.3 Å². The van der Waals surface area contributed by atoms with Crippen molar-refractivity contribution in [2.45, 2.75) is 0 Å². The molecule has 0 amide bonds. The number of carbonyl (C=O) groups excluding carboxylic acids is 4. The van der Waals surface area contributed by atoms with Crippen LogP contribution in [-0.4, -0.2) is 34.2 Å². The number of rotatable bonds is 3. The molecule has 26 heavy (non-hydrogen) atoms. The van der Waals surface area contributed by atoms with Gasteiger partial charge in [-0.05, 0) is 0 Å². The van der Waals surface area contributed by atoms with Crippen molar-refractivity contribution in [3.05, 3.63) is 70.8 Å². The van der Waals surface area contributed by atoms with Crippen molar-refractivity contribution in [2.75, 3.05) is 0 Å². The van der Waals surface area contributed by atoms with Crippen LogP contribution in [0.15, 0.2) is 48.5 Å². The molecule has 0 unspecified atom stereocenters. The zero-order chi connectivity index (χ0) is 18.6. The second kappa shape index (κ2) is 5.56. The third-order valence-corrected chi connectivity index (χ3v) is 5.05. The summed E-state index contributed by atoms with van der Waals surface area (Å²) in [5, 5.41) is 9.71. The summed E-state index contributed by atoms with van der Waals surface area (Å²) < 4.78 is 0. The van der Waals surface area contributed by atoms with Gasteiger partial charge in [0.2, 0.25) is 0 Å². The van der Waals surface area contributed by atoms with Crippen molar-refractivity contribution in [1.29, 1.82) is 0 Å². The number of carboxylic acid groups (broad SMARTS) is 1. The molecule has 4 rings (SSSR count). The van der Waals surface area contributed by atoms with Crippen LogP contribution in [0.3, 0.4) is 0 Å². The van der Waals surface area contributed by atoms with E-state index in [0.29, 0.717) is 0 Å². The Bertz CT molecular complexity index is 873. The molecule has 6 nitrogen and oxygen atoms in total. The molecule has 0 saturated heterocycles. The predicted octanol–water partition coefficient (Wildman–Crippen LogP) is 2.08. The standard InChI is InChI=1S/C20H12O6/c21-16-9-5-1-2-6-10(9)17(22)14(16)13(20(25)26)15-18(23)11-7-3-4-8-12(11)19(15)24/h1-8,13-15H,(H,25,26). The molecule has 0 radical (unpaired) electrons. The molecular weight excluding hydrogens is 336 g/mol. The molecular formula is C20H12O6. The highest BCUT2D eigenvalue weighted by atomic mass is 16.4. The van der Waals surface area contributed by atoms with E-state index in [4.69, 9.17) is 0 Å². The molecule has 1 N–H and O–H groups in total. The van der Waals surface area contributed by atoms with Crippen LogP contribution in [0.2, 0.25) is 0 Å². The number of ketones is 4. The van der Waals surface area contributed by atoms with Crippen LogP contribution in [0.5, 0.6) is 0 Å². The quantitative estimate of drug-likeness (QED) is 0.851. The highest BCUT2D eigenvalue weighted by Gasteiger charge is 2.55. The number of hydrogen-bond donors (Lipinski definition) is 1. The summed E-state index contributed by atoms with van der Waals surface area (Å²) in [4.78, 5) is 62.7. The first-order valence-electron chi connectivity index (χ1n) is 8.01. The Morgan fingerprint density at radius 3 is 1.15 bits per heavy atom. The summed E-state index contributed by atoms with van der Waals surface area (Å²) >= 11 is 0. The second-order valence-electron chi connectivity index (χ2n) is 6.37. The van der Waals surface area contributed by atoms with E-state index in [1.54, 1.807) is 24.3 Å². The number of hydrogen-bond acceptors (Lipinski definition) is 5. The normalized spacial score (nSPS) is 17.1. The topological polar surface area (TPSA) is 106 Å². The molecule has 2 aromatic rings. The smallest absolute Gasteiger partial charge is 0.308 e. The maximum absolute atomic E-state index is 12.7. The summed E-state index contributed by atoms with van der Waals surface area (Å²) in [6.45, 7) is 0. The van der Waals surface area contributed by atoms with Crippen molar-refractivity contribution in [1.82, 2.24) is 0 Å². The van der Waals surface area contributed by atoms with E-state index in [-0.39, 0.29) is 22.3 Å². The van der Waals surface area contributed by atoms with Gasteiger partial charge in [0.15, 0.2) is 23.1 Å². The number of fused-ring (bicyclic) bond motifs is 2. The largest absolute Gasteiger partial charge is 0.481 e. The fraction of sp³-hybridized carbons (Fsp3) is 0.150. The van der Waals surface area contributed by atoms with E-state index in [9.17, 15) is 29.1 Å². The monoisotopic (exact) mass is 348 g/mol. The first-order chi connectivity index (χ1) is 12.4. The lowest BCUT2D eigenvalue weighted by Gasteiger charge is -2.21. The average molecular weight is 348 g/mol. The summed E-state index contributed by atoms with van der Waals surface area (Å²) in [5.41, 5.74) is 0.515. The lowest BCUT2D eigenvalue weighted by atomic mass is 9.76. The molecule has 0 fully saturated rings. The molecule has 0 heterocycles. The van der Waals surface area contributed by atoms with Crippen molar-refractivity contribution in [3.63, 3.8) is 0 Å². The Hall–Kier alpha value is -3.41. The van der Waals surface area contributed by atoms with Crippen LogP contribution in [0.4, 0.5) is 0 Å². The maximum atomic E-state index is 12.7. The molecule has 0 spiro atoms. The molecule has 0 atom stereocenters. The van der Waals surface area contributed by atoms with Crippen LogP contribution in [0, 0.1) is 17.8 Å². The van der Waals surface area contributed by atoms with Gasteiger partial charge in [-0.25, -0.2) is 0 Å². The average Bonchev–Trinajstić information content (AvgIpc) is 3.03. The van der Waals surface area contributed by atoms with Gasteiger partial charge < -0.3 is 5.11 Å². The SMILES string of the molecule is O=C1c2ccccc2C(=O)C1C(C(=O)O)C1C(=O)c2ccccc2C1=O. The lowest BCUT2D eigenvalue weighted by molar-refractivity contribution is -0.143. The summed E-state index contributed by atoms with van der Waals surface area (Å²) in [6, 6.07) is 12.1. The van der Waals surface area contributed by atoms with Crippen LogP contribution in [0.25, 0.3) is 0 Å². The van der Waals surface area contributed by atoms with Crippen LogP contribution in [-0.2, 0) is 4.79 Å². The summed E-state index contributed by atoms with van der Waals surface area (Å²) in [5.74, 6) is -9.01. The van der Waals surface area contributed by atoms with Gasteiger partial charge in [-0.15, -0.1) is 0 Å². The number of carboxylic acids is 1. The number of aliphatic carboxylic acids is 1. The van der Waals surface area contributed by atoms with Gasteiger partial charge >= 0.3 is 5.97 Å². The minimum atomic E-state index is -1.73. The van der Waals surface area contributed by atoms with Crippen molar-refractivity contribution in [2.24, 2.45) is 17.8 Å². The minimum absolute atomic E-state index is 0.129. The highest BCUT2D eigenvalue weighted by molar-refractivity contribution is 6.31. The van der Waals surface area contributed by atoms with Crippen molar-refractivity contribution >= 4 is 29.1 Å². The zero-order valence-corrected chi connectivity index (χ0v) is 13.3. The van der Waals surface area contributed by atoms with Gasteiger partial charge in [0.05, 0.1) is 5.92 Å². The van der Waals surface area contributed by atoms with E-state index < -0.39 is 46.9 Å². The van der Waals surface area contributed by atoms with Gasteiger partial charge in [0.25, 0.3) is 0 Å². The van der Waals surface area contributed by atoms with Gasteiger partial charge in [-0.3, -0.25) is 24.0 Å². The minimum Gasteiger partial charge on any atom is -0.481 e. The Morgan fingerprint density at radius 2 is 0.923 bits per heavy atom. The molecule has 0 aliphatic heterocycles. The van der Waals surface area contributed by atoms with Gasteiger partial charge in [-0.1, -0.05) is 48.5 Å². The van der Waals surface area contributed by atoms with E-state index in [1.165, 1.54) is 24.3 Å². The van der Waals surface area contributed by atoms with Gasteiger partial charge in [-0.2, -0.15) is 0 Å². The fourth-order valence-corrected chi connectivity index (χ4v) is 3.86. The van der Waals surface area contributed by atoms with E-state index in [2.05, 4.69) is 0 Å². The molecule has 0 bridgehead atoms. The Morgan fingerprint density at radius 1 is 0.654 bits per heavy atom. The van der Waals surface area contributed by atoms with E-state index in [0.717, 1.165) is 0 Å². The lowest BCUT2D eigenvalue weighted by Crippen LogP contribution is -2.41. The first-order valence-corrected chi connectivity index (χ1v) is 8.01. The molecule has 2 aliphatic rings. The Labute approximate surface area is 147 Å². The summed E-state index contributed by atoms with van der Waals surface area (Å²) in [7, 11) is 0. The molecule has 2 aliphatic carbocycles. The maximum Gasteiger partial charge on any atom is 0.308 e. The number of benzene rings is 2. The van der Waals surface area contributed by atoms with Crippen molar-refractivity contribution in [3.8, 4) is 0 Å². The number of carbonyl (C=O) groups is 5. The van der Waals surface area contributed by atoms with Crippen LogP contribution < -0.4 is 0 Å². The Kier molecular flexibility index (Phi) is 3.44. The van der Waals surface area contributed by atoms with Crippen molar-refractivity contribution < 1.29 is 29.1 Å².